The van der Waals surface area contributed by atoms with E-state index in [0.29, 0.717) is 36.2 Å². The van der Waals surface area contributed by atoms with Gasteiger partial charge >= 0.3 is 5.63 Å². The van der Waals surface area contributed by atoms with Gasteiger partial charge in [-0.3, -0.25) is 4.90 Å². The van der Waals surface area contributed by atoms with Gasteiger partial charge in [0.25, 0.3) is 0 Å². The largest absolute Gasteiger partial charge is 0.443 e. The van der Waals surface area contributed by atoms with E-state index in [1.807, 2.05) is 6.07 Å². The van der Waals surface area contributed by atoms with Crippen molar-refractivity contribution in [2.75, 3.05) is 6.73 Å². The second kappa shape index (κ2) is 7.33. The number of quaternary nitrogens is 1. The van der Waals surface area contributed by atoms with Crippen LogP contribution in [-0.4, -0.2) is 6.73 Å². The van der Waals surface area contributed by atoms with Crippen molar-refractivity contribution >= 4 is 22.6 Å². The summed E-state index contributed by atoms with van der Waals surface area (Å²) in [5, 5.41) is 1.40. The molecule has 3 aromatic rings. The van der Waals surface area contributed by atoms with Crippen LogP contribution in [0.2, 0.25) is 5.02 Å². The molecule has 2 aromatic carbocycles. The molecule has 6 heteroatoms. The van der Waals surface area contributed by atoms with Gasteiger partial charge in [-0.25, -0.2) is 9.18 Å². The van der Waals surface area contributed by atoms with Crippen LogP contribution >= 0.6 is 11.6 Å². The summed E-state index contributed by atoms with van der Waals surface area (Å²) in [6.45, 7) is 3.79. The number of hydrogen-bond donors (Lipinski definition) is 1. The molecule has 2 heterocycles. The first-order valence-electron chi connectivity index (χ1n) is 9.04. The fraction of sp³-hybridized carbons (Fsp3) is 0.286. The molecule has 0 radical (unpaired) electrons. The van der Waals surface area contributed by atoms with Crippen molar-refractivity contribution in [2.45, 2.75) is 32.9 Å². The van der Waals surface area contributed by atoms with E-state index in [-0.39, 0.29) is 11.4 Å². The molecule has 1 atom stereocenters. The maximum Gasteiger partial charge on any atom is 0.336 e. The predicted molar refractivity (Wildman–Crippen MR) is 102 cm³/mol. The minimum absolute atomic E-state index is 0.253. The highest BCUT2D eigenvalue weighted by atomic mass is 35.5. The molecular weight excluding hydrogens is 369 g/mol. The summed E-state index contributed by atoms with van der Waals surface area (Å²) in [5.74, 6) is 0.334. The lowest BCUT2D eigenvalue weighted by molar-refractivity contribution is -0.945. The Kier molecular flexibility index (Phi) is 4.89. The molecule has 1 aliphatic rings. The summed E-state index contributed by atoms with van der Waals surface area (Å²) in [7, 11) is 0. The molecule has 1 N–H and O–H groups in total. The number of hydrogen-bond acceptors (Lipinski definition) is 3. The Bertz CT molecular complexity index is 1050. The third-order valence-corrected chi connectivity index (χ3v) is 5.14. The molecule has 140 valence electrons. The molecule has 0 bridgehead atoms. The first-order chi connectivity index (χ1) is 13.0. The van der Waals surface area contributed by atoms with Gasteiger partial charge in [0, 0.05) is 17.0 Å². The number of fused-ring (bicyclic) bond motifs is 3. The SMILES string of the molecule is CCCc1cc(=O)oc2c3c(c(Cl)cc12)OC[NH+](Cc1ccc(F)cc1)C3. The zero-order chi connectivity index (χ0) is 19.0. The molecule has 0 amide bonds. The molecule has 0 fully saturated rings. The third-order valence-electron chi connectivity index (χ3n) is 4.86. The van der Waals surface area contributed by atoms with Crippen LogP contribution in [0.3, 0.4) is 0 Å². The first-order valence-corrected chi connectivity index (χ1v) is 9.42. The van der Waals surface area contributed by atoms with Crippen molar-refractivity contribution in [1.82, 2.24) is 0 Å². The van der Waals surface area contributed by atoms with Crippen molar-refractivity contribution in [1.29, 1.82) is 0 Å². The Morgan fingerprint density at radius 3 is 2.74 bits per heavy atom. The molecule has 0 spiro atoms. The third kappa shape index (κ3) is 3.57. The molecule has 4 nitrogen and oxygen atoms in total. The highest BCUT2D eigenvalue weighted by Gasteiger charge is 2.27. The molecule has 0 aliphatic carbocycles. The second-order valence-corrected chi connectivity index (χ2v) is 7.31. The Morgan fingerprint density at radius 2 is 2.00 bits per heavy atom. The summed E-state index contributed by atoms with van der Waals surface area (Å²) in [4.78, 5) is 13.2. The average molecular weight is 389 g/mol. The molecular formula is C21H20ClFNO3+. The van der Waals surface area contributed by atoms with E-state index in [1.165, 1.54) is 12.1 Å². The van der Waals surface area contributed by atoms with E-state index in [1.54, 1.807) is 18.2 Å². The predicted octanol–water partition coefficient (Wildman–Crippen LogP) is 3.47. The fourth-order valence-electron chi connectivity index (χ4n) is 3.65. The zero-order valence-electron chi connectivity index (χ0n) is 15.0. The number of benzene rings is 2. The maximum atomic E-state index is 13.1. The highest BCUT2D eigenvalue weighted by molar-refractivity contribution is 6.33. The van der Waals surface area contributed by atoms with E-state index in [4.69, 9.17) is 20.8 Å². The van der Waals surface area contributed by atoms with Gasteiger partial charge in [0.05, 0.1) is 10.6 Å². The Morgan fingerprint density at radius 1 is 1.22 bits per heavy atom. The second-order valence-electron chi connectivity index (χ2n) is 6.90. The van der Waals surface area contributed by atoms with E-state index in [9.17, 15) is 9.18 Å². The van der Waals surface area contributed by atoms with Crippen LogP contribution < -0.4 is 15.3 Å². The highest BCUT2D eigenvalue weighted by Crippen LogP contribution is 2.37. The van der Waals surface area contributed by atoms with Gasteiger partial charge in [0.2, 0.25) is 6.73 Å². The Hall–Kier alpha value is -2.37. The quantitative estimate of drug-likeness (QED) is 0.696. The van der Waals surface area contributed by atoms with Crippen LogP contribution in [0, 0.1) is 5.82 Å². The molecule has 27 heavy (non-hydrogen) atoms. The monoisotopic (exact) mass is 388 g/mol. The topological polar surface area (TPSA) is 43.9 Å². The first kappa shape index (κ1) is 18.0. The molecule has 4 rings (SSSR count). The van der Waals surface area contributed by atoms with Gasteiger partial charge in [-0.1, -0.05) is 37.1 Å². The molecule has 1 unspecified atom stereocenters. The molecule has 1 aromatic heterocycles. The lowest BCUT2D eigenvalue weighted by Crippen LogP contribution is -3.10. The summed E-state index contributed by atoms with van der Waals surface area (Å²) in [5.41, 5.74) is 2.97. The van der Waals surface area contributed by atoms with Gasteiger partial charge in [-0.15, -0.1) is 0 Å². The zero-order valence-corrected chi connectivity index (χ0v) is 15.7. The number of nitrogens with one attached hydrogen (secondary N) is 1. The summed E-state index contributed by atoms with van der Waals surface area (Å²) < 4.78 is 24.6. The van der Waals surface area contributed by atoms with Gasteiger partial charge in [-0.2, -0.15) is 0 Å². The van der Waals surface area contributed by atoms with Crippen molar-refractivity contribution in [2.24, 2.45) is 0 Å². The van der Waals surface area contributed by atoms with Crippen LogP contribution in [0.25, 0.3) is 11.0 Å². The molecule has 0 saturated heterocycles. The van der Waals surface area contributed by atoms with E-state index in [0.717, 1.165) is 39.8 Å². The fourth-order valence-corrected chi connectivity index (χ4v) is 3.92. The van der Waals surface area contributed by atoms with E-state index in [2.05, 4.69) is 6.92 Å². The summed E-state index contributed by atoms with van der Waals surface area (Å²) >= 11 is 6.46. The molecule has 0 saturated carbocycles. The minimum atomic E-state index is -0.360. The van der Waals surface area contributed by atoms with Crippen molar-refractivity contribution in [3.63, 3.8) is 0 Å². The molecule has 1 aliphatic heterocycles. The lowest BCUT2D eigenvalue weighted by atomic mass is 10.0. The van der Waals surface area contributed by atoms with Crippen LogP contribution in [0.5, 0.6) is 5.75 Å². The van der Waals surface area contributed by atoms with E-state index < -0.39 is 0 Å². The number of rotatable bonds is 4. The normalized spacial score (nSPS) is 16.2. The van der Waals surface area contributed by atoms with Gasteiger partial charge in [0.15, 0.2) is 11.3 Å². The summed E-state index contributed by atoms with van der Waals surface area (Å²) in [6, 6.07) is 9.82. The van der Waals surface area contributed by atoms with Crippen LogP contribution in [0.4, 0.5) is 4.39 Å². The van der Waals surface area contributed by atoms with Crippen LogP contribution in [0.15, 0.2) is 45.6 Å². The lowest BCUT2D eigenvalue weighted by Gasteiger charge is -2.27. The van der Waals surface area contributed by atoms with E-state index >= 15 is 0 Å². The maximum absolute atomic E-state index is 13.1. The van der Waals surface area contributed by atoms with Crippen molar-refractivity contribution in [3.05, 3.63) is 74.3 Å². The average Bonchev–Trinajstić information content (AvgIpc) is 2.65. The minimum Gasteiger partial charge on any atom is -0.443 e. The smallest absolute Gasteiger partial charge is 0.336 e. The van der Waals surface area contributed by atoms with Crippen molar-refractivity contribution in [3.8, 4) is 5.75 Å². The van der Waals surface area contributed by atoms with Gasteiger partial charge < -0.3 is 9.15 Å². The Labute approximate surface area is 161 Å². The van der Waals surface area contributed by atoms with Crippen LogP contribution in [0.1, 0.15) is 30.0 Å². The Balaban J connectivity index is 1.74. The number of halogens is 2. The summed E-state index contributed by atoms with van der Waals surface area (Å²) in [6.07, 6.45) is 1.70. The van der Waals surface area contributed by atoms with Gasteiger partial charge in [-0.05, 0) is 30.2 Å². The van der Waals surface area contributed by atoms with Crippen molar-refractivity contribution < 1.29 is 18.4 Å². The number of aryl methyl sites for hydroxylation is 1. The number of ether oxygens (including phenoxy) is 1. The van der Waals surface area contributed by atoms with Gasteiger partial charge in [0.1, 0.15) is 18.9 Å². The standard InChI is InChI=1S/C21H19ClFNO3/c1-2-3-14-8-19(25)27-20-16(14)9-18(22)21-17(20)11-24(12-26-21)10-13-4-6-15(23)7-5-13/h4-9H,2-3,10-12H2,1H3/p+1. The van der Waals surface area contributed by atoms with Crippen LogP contribution in [-0.2, 0) is 19.5 Å².